The molecular formula is C6H10O2. The van der Waals surface area contributed by atoms with Gasteiger partial charge in [-0.25, -0.2) is 4.79 Å². The molecule has 1 heterocycles. The third-order valence-corrected chi connectivity index (χ3v) is 1.18. The molecule has 2 heteroatoms. The zero-order valence-corrected chi connectivity index (χ0v) is 5.39. The van der Waals surface area contributed by atoms with Gasteiger partial charge in [0.15, 0.2) is 0 Å². The SMILES string of the molecule is CC(C)(C)[C@H]1OC1=O. The smallest absolute Gasteiger partial charge is 0.348 e. The van der Waals surface area contributed by atoms with Crippen LogP contribution in [0.15, 0.2) is 0 Å². The van der Waals surface area contributed by atoms with Gasteiger partial charge in [0.05, 0.1) is 0 Å². The van der Waals surface area contributed by atoms with Crippen molar-refractivity contribution in [3.8, 4) is 0 Å². The van der Waals surface area contributed by atoms with E-state index in [0.29, 0.717) is 0 Å². The van der Waals surface area contributed by atoms with Crippen LogP contribution in [0.4, 0.5) is 0 Å². The summed E-state index contributed by atoms with van der Waals surface area (Å²) in [7, 11) is 0. The molecule has 0 aromatic rings. The Hall–Kier alpha value is -0.530. The Morgan fingerprint density at radius 2 is 1.88 bits per heavy atom. The zero-order chi connectivity index (χ0) is 6.36. The van der Waals surface area contributed by atoms with Crippen LogP contribution in [0.2, 0.25) is 0 Å². The number of hydrogen-bond donors (Lipinski definition) is 0. The average molecular weight is 114 g/mol. The minimum Gasteiger partial charge on any atom is -0.447 e. The molecular weight excluding hydrogens is 104 g/mol. The van der Waals surface area contributed by atoms with Gasteiger partial charge in [0.25, 0.3) is 0 Å². The summed E-state index contributed by atoms with van der Waals surface area (Å²) in [6.45, 7) is 5.97. The summed E-state index contributed by atoms with van der Waals surface area (Å²) in [6, 6.07) is 0. The summed E-state index contributed by atoms with van der Waals surface area (Å²) in [4.78, 5) is 10.3. The van der Waals surface area contributed by atoms with E-state index >= 15 is 0 Å². The molecule has 8 heavy (non-hydrogen) atoms. The summed E-state index contributed by atoms with van der Waals surface area (Å²) in [6.07, 6.45) is -0.123. The van der Waals surface area contributed by atoms with Crippen molar-refractivity contribution < 1.29 is 9.53 Å². The molecule has 46 valence electrons. The van der Waals surface area contributed by atoms with Gasteiger partial charge in [-0.15, -0.1) is 0 Å². The van der Waals surface area contributed by atoms with E-state index in [2.05, 4.69) is 4.74 Å². The molecule has 0 amide bonds. The van der Waals surface area contributed by atoms with Crippen LogP contribution < -0.4 is 0 Å². The van der Waals surface area contributed by atoms with Crippen LogP contribution in [-0.4, -0.2) is 12.1 Å². The highest BCUT2D eigenvalue weighted by atomic mass is 16.6. The lowest BCUT2D eigenvalue weighted by atomic mass is 9.93. The number of rotatable bonds is 0. The molecule has 2 nitrogen and oxygen atoms in total. The van der Waals surface area contributed by atoms with Crippen LogP contribution in [0, 0.1) is 5.41 Å². The number of epoxide rings is 1. The molecule has 1 aliphatic heterocycles. The van der Waals surface area contributed by atoms with E-state index in [4.69, 9.17) is 0 Å². The van der Waals surface area contributed by atoms with Crippen molar-refractivity contribution in [2.24, 2.45) is 5.41 Å². The highest BCUT2D eigenvalue weighted by Crippen LogP contribution is 2.32. The van der Waals surface area contributed by atoms with Crippen molar-refractivity contribution in [3.05, 3.63) is 0 Å². The van der Waals surface area contributed by atoms with Gasteiger partial charge < -0.3 is 4.74 Å². The Bertz CT molecular complexity index is 121. The summed E-state index contributed by atoms with van der Waals surface area (Å²) in [5, 5.41) is 0. The van der Waals surface area contributed by atoms with E-state index in [1.165, 1.54) is 0 Å². The van der Waals surface area contributed by atoms with Crippen molar-refractivity contribution in [2.45, 2.75) is 26.9 Å². The Morgan fingerprint density at radius 3 is 1.88 bits per heavy atom. The molecule has 0 bridgehead atoms. The highest BCUT2D eigenvalue weighted by Gasteiger charge is 2.47. The normalized spacial score (nSPS) is 27.4. The van der Waals surface area contributed by atoms with Crippen molar-refractivity contribution in [2.75, 3.05) is 0 Å². The minimum atomic E-state index is -0.123. The predicted molar refractivity (Wildman–Crippen MR) is 29.3 cm³/mol. The largest absolute Gasteiger partial charge is 0.447 e. The number of carbonyl (C=O) groups excluding carboxylic acids is 1. The van der Waals surface area contributed by atoms with E-state index in [1.807, 2.05) is 20.8 Å². The van der Waals surface area contributed by atoms with Gasteiger partial charge in [0, 0.05) is 5.41 Å². The van der Waals surface area contributed by atoms with E-state index in [1.54, 1.807) is 0 Å². The van der Waals surface area contributed by atoms with Gasteiger partial charge in [-0.2, -0.15) is 0 Å². The lowest BCUT2D eigenvalue weighted by Gasteiger charge is -2.09. The van der Waals surface area contributed by atoms with Crippen molar-refractivity contribution in [1.82, 2.24) is 0 Å². The van der Waals surface area contributed by atoms with Gasteiger partial charge in [0.2, 0.25) is 6.10 Å². The number of cyclic esters (lactones) is 1. The van der Waals surface area contributed by atoms with Gasteiger partial charge in [-0.3, -0.25) is 0 Å². The fraction of sp³-hybridized carbons (Fsp3) is 0.833. The summed E-state index contributed by atoms with van der Waals surface area (Å²) >= 11 is 0. The first-order chi connectivity index (χ1) is 3.52. The summed E-state index contributed by atoms with van der Waals surface area (Å²) in [5.41, 5.74) is 0.0110. The van der Waals surface area contributed by atoms with Crippen molar-refractivity contribution in [3.63, 3.8) is 0 Å². The monoisotopic (exact) mass is 114 g/mol. The van der Waals surface area contributed by atoms with Gasteiger partial charge >= 0.3 is 5.97 Å². The van der Waals surface area contributed by atoms with Crippen LogP contribution in [-0.2, 0) is 9.53 Å². The van der Waals surface area contributed by atoms with Crippen LogP contribution in [0.25, 0.3) is 0 Å². The molecule has 0 aromatic carbocycles. The van der Waals surface area contributed by atoms with E-state index in [9.17, 15) is 4.79 Å². The van der Waals surface area contributed by atoms with Crippen molar-refractivity contribution >= 4 is 5.97 Å². The quantitative estimate of drug-likeness (QED) is 0.439. The second-order valence-electron chi connectivity index (χ2n) is 3.18. The molecule has 0 radical (unpaired) electrons. The lowest BCUT2D eigenvalue weighted by Crippen LogP contribution is -2.14. The van der Waals surface area contributed by atoms with E-state index < -0.39 is 0 Å². The molecule has 1 saturated heterocycles. The molecule has 0 spiro atoms. The van der Waals surface area contributed by atoms with Crippen LogP contribution in [0.5, 0.6) is 0 Å². The van der Waals surface area contributed by atoms with Crippen LogP contribution in [0.1, 0.15) is 20.8 Å². The summed E-state index contributed by atoms with van der Waals surface area (Å²) < 4.78 is 4.64. The first-order valence-electron chi connectivity index (χ1n) is 2.72. The van der Waals surface area contributed by atoms with Gasteiger partial charge in [-0.05, 0) is 0 Å². The second kappa shape index (κ2) is 1.24. The molecule has 0 N–H and O–H groups in total. The first-order valence-corrected chi connectivity index (χ1v) is 2.72. The number of hydrogen-bond acceptors (Lipinski definition) is 2. The maximum atomic E-state index is 10.3. The third kappa shape index (κ3) is 0.831. The van der Waals surface area contributed by atoms with Crippen LogP contribution in [0.3, 0.4) is 0 Å². The van der Waals surface area contributed by atoms with E-state index in [-0.39, 0.29) is 17.5 Å². The maximum Gasteiger partial charge on any atom is 0.348 e. The molecule has 0 aliphatic carbocycles. The molecule has 1 aliphatic rings. The topological polar surface area (TPSA) is 29.6 Å². The van der Waals surface area contributed by atoms with Gasteiger partial charge in [0.1, 0.15) is 0 Å². The Kier molecular flexibility index (Phi) is 0.872. The zero-order valence-electron chi connectivity index (χ0n) is 5.39. The number of carbonyl (C=O) groups is 1. The highest BCUT2D eigenvalue weighted by molar-refractivity contribution is 5.88. The Labute approximate surface area is 48.8 Å². The fourth-order valence-corrected chi connectivity index (χ4v) is 0.612. The molecule has 0 unspecified atom stereocenters. The summed E-state index contributed by atoms with van der Waals surface area (Å²) in [5.74, 6) is -0.0579. The molecule has 1 fully saturated rings. The maximum absolute atomic E-state index is 10.3. The standard InChI is InChI=1S/C6H10O2/c1-6(2,3)4-5(7)8-4/h4H,1-3H3/t4-/m0/s1. The van der Waals surface area contributed by atoms with Gasteiger partial charge in [-0.1, -0.05) is 20.8 Å². The Morgan fingerprint density at radius 1 is 1.50 bits per heavy atom. The average Bonchev–Trinajstić information content (AvgIpc) is 2.13. The Balaban J connectivity index is 2.51. The van der Waals surface area contributed by atoms with Crippen molar-refractivity contribution in [1.29, 1.82) is 0 Å². The minimum absolute atomic E-state index is 0.0110. The van der Waals surface area contributed by atoms with Crippen LogP contribution >= 0.6 is 0 Å². The molecule has 0 aromatic heterocycles. The third-order valence-electron chi connectivity index (χ3n) is 1.18. The second-order valence-corrected chi connectivity index (χ2v) is 3.18. The predicted octanol–water partition coefficient (Wildman–Crippen LogP) is 0.958. The molecule has 1 rings (SSSR count). The lowest BCUT2D eigenvalue weighted by molar-refractivity contribution is -0.117. The van der Waals surface area contributed by atoms with E-state index in [0.717, 1.165) is 0 Å². The molecule has 0 saturated carbocycles. The molecule has 1 atom stereocenters. The first kappa shape index (κ1) is 5.60. The fourth-order valence-electron chi connectivity index (χ4n) is 0.612. The number of ether oxygens (including phenoxy) is 1.